The smallest absolute Gasteiger partial charge is 0.261 e. The Morgan fingerprint density at radius 2 is 1.64 bits per heavy atom. The SMILES string of the molecule is CCCC(CCC)n1c(C)nc2ccc(N(C)c3ccc(F)cc3)cc2c1=O. The molecular weight excluding hydrogens is 353 g/mol. The third-order valence-electron chi connectivity index (χ3n) is 5.27. The van der Waals surface area contributed by atoms with Gasteiger partial charge in [-0.2, -0.15) is 0 Å². The minimum atomic E-state index is -0.267. The fraction of sp³-hybridized carbons (Fsp3) is 0.391. The summed E-state index contributed by atoms with van der Waals surface area (Å²) in [6.07, 6.45) is 4.00. The summed E-state index contributed by atoms with van der Waals surface area (Å²) >= 11 is 0. The van der Waals surface area contributed by atoms with Crippen LogP contribution >= 0.6 is 0 Å². The van der Waals surface area contributed by atoms with Gasteiger partial charge in [-0.25, -0.2) is 9.37 Å². The minimum absolute atomic E-state index is 0.0174. The van der Waals surface area contributed by atoms with Gasteiger partial charge in [0, 0.05) is 24.5 Å². The molecule has 148 valence electrons. The number of fused-ring (bicyclic) bond motifs is 1. The summed E-state index contributed by atoms with van der Waals surface area (Å²) in [7, 11) is 1.91. The van der Waals surface area contributed by atoms with Gasteiger partial charge in [0.15, 0.2) is 0 Å². The van der Waals surface area contributed by atoms with Gasteiger partial charge >= 0.3 is 0 Å². The Balaban J connectivity index is 2.09. The largest absolute Gasteiger partial charge is 0.345 e. The van der Waals surface area contributed by atoms with Crippen LogP contribution in [0.25, 0.3) is 10.9 Å². The van der Waals surface area contributed by atoms with Crippen LogP contribution in [0.3, 0.4) is 0 Å². The van der Waals surface area contributed by atoms with E-state index in [9.17, 15) is 9.18 Å². The predicted molar refractivity (Wildman–Crippen MR) is 114 cm³/mol. The maximum absolute atomic E-state index is 13.4. The van der Waals surface area contributed by atoms with Crippen LogP contribution in [0, 0.1) is 12.7 Å². The molecule has 0 aliphatic heterocycles. The highest BCUT2D eigenvalue weighted by Crippen LogP contribution is 2.27. The molecule has 0 aliphatic rings. The van der Waals surface area contributed by atoms with E-state index in [-0.39, 0.29) is 17.4 Å². The van der Waals surface area contributed by atoms with Crippen LogP contribution in [0.2, 0.25) is 0 Å². The standard InChI is InChI=1S/C23H28FN3O/c1-5-7-19(8-6-2)27-16(3)25-22-14-13-20(15-21(22)23(27)28)26(4)18-11-9-17(24)10-12-18/h9-15,19H,5-8H2,1-4H3. The van der Waals surface area contributed by atoms with Gasteiger partial charge in [0.1, 0.15) is 11.6 Å². The molecule has 0 N–H and O–H groups in total. The lowest BCUT2D eigenvalue weighted by atomic mass is 10.1. The second-order valence-corrected chi connectivity index (χ2v) is 7.30. The Hall–Kier alpha value is -2.69. The number of aryl methyl sites for hydroxylation is 1. The normalized spacial score (nSPS) is 11.4. The van der Waals surface area contributed by atoms with Gasteiger partial charge in [-0.15, -0.1) is 0 Å². The van der Waals surface area contributed by atoms with Crippen molar-refractivity contribution in [1.29, 1.82) is 0 Å². The van der Waals surface area contributed by atoms with E-state index < -0.39 is 0 Å². The molecule has 3 rings (SSSR count). The van der Waals surface area contributed by atoms with Crippen molar-refractivity contribution in [2.75, 3.05) is 11.9 Å². The van der Waals surface area contributed by atoms with Crippen molar-refractivity contribution in [3.05, 3.63) is 64.5 Å². The third-order valence-corrected chi connectivity index (χ3v) is 5.27. The van der Waals surface area contributed by atoms with Crippen LogP contribution in [-0.4, -0.2) is 16.6 Å². The average molecular weight is 381 g/mol. The number of hydrogen-bond donors (Lipinski definition) is 0. The van der Waals surface area contributed by atoms with Crippen LogP contribution in [-0.2, 0) is 0 Å². The minimum Gasteiger partial charge on any atom is -0.345 e. The van der Waals surface area contributed by atoms with Crippen LogP contribution in [0.1, 0.15) is 51.4 Å². The van der Waals surface area contributed by atoms with Crippen molar-refractivity contribution in [3.63, 3.8) is 0 Å². The Morgan fingerprint density at radius 1 is 1.04 bits per heavy atom. The van der Waals surface area contributed by atoms with Crippen LogP contribution in [0.4, 0.5) is 15.8 Å². The maximum Gasteiger partial charge on any atom is 0.261 e. The first-order chi connectivity index (χ1) is 13.5. The molecular formula is C23H28FN3O. The first-order valence-electron chi connectivity index (χ1n) is 9.98. The number of benzene rings is 2. The molecule has 0 bridgehead atoms. The van der Waals surface area contributed by atoms with E-state index in [2.05, 4.69) is 13.8 Å². The Morgan fingerprint density at radius 3 is 2.25 bits per heavy atom. The summed E-state index contributed by atoms with van der Waals surface area (Å²) in [5.74, 6) is 0.500. The molecule has 4 nitrogen and oxygen atoms in total. The van der Waals surface area contributed by atoms with Gasteiger partial charge in [-0.05, 0) is 62.2 Å². The van der Waals surface area contributed by atoms with E-state index in [4.69, 9.17) is 4.98 Å². The molecule has 0 atom stereocenters. The molecule has 0 radical (unpaired) electrons. The van der Waals surface area contributed by atoms with E-state index in [1.165, 1.54) is 12.1 Å². The summed E-state index contributed by atoms with van der Waals surface area (Å²) < 4.78 is 15.1. The molecule has 1 heterocycles. The monoisotopic (exact) mass is 381 g/mol. The molecule has 2 aromatic carbocycles. The van der Waals surface area contributed by atoms with E-state index in [0.717, 1.165) is 42.9 Å². The highest BCUT2D eigenvalue weighted by atomic mass is 19.1. The Kier molecular flexibility index (Phi) is 6.12. The van der Waals surface area contributed by atoms with Crippen molar-refractivity contribution in [3.8, 4) is 0 Å². The number of rotatable bonds is 7. The number of halogens is 1. The molecule has 0 saturated carbocycles. The first-order valence-corrected chi connectivity index (χ1v) is 9.98. The summed E-state index contributed by atoms with van der Waals surface area (Å²) in [4.78, 5) is 20.0. The summed E-state index contributed by atoms with van der Waals surface area (Å²) in [5.41, 5.74) is 2.46. The molecule has 3 aromatic rings. The lowest BCUT2D eigenvalue weighted by Crippen LogP contribution is -2.28. The van der Waals surface area contributed by atoms with Gasteiger partial charge in [0.2, 0.25) is 0 Å². The molecule has 1 aromatic heterocycles. The zero-order chi connectivity index (χ0) is 20.3. The van der Waals surface area contributed by atoms with Crippen molar-refractivity contribution >= 4 is 22.3 Å². The fourth-order valence-electron chi connectivity index (χ4n) is 3.82. The molecule has 0 fully saturated rings. The molecule has 0 amide bonds. The van der Waals surface area contributed by atoms with Gasteiger partial charge in [0.25, 0.3) is 5.56 Å². The van der Waals surface area contributed by atoms with Crippen LogP contribution < -0.4 is 10.5 Å². The third kappa shape index (κ3) is 3.93. The Labute approximate surface area is 165 Å². The van der Waals surface area contributed by atoms with E-state index in [1.807, 2.05) is 41.6 Å². The number of hydrogen-bond acceptors (Lipinski definition) is 3. The highest BCUT2D eigenvalue weighted by Gasteiger charge is 2.17. The van der Waals surface area contributed by atoms with E-state index in [1.54, 1.807) is 12.1 Å². The second-order valence-electron chi connectivity index (χ2n) is 7.30. The number of nitrogens with zero attached hydrogens (tertiary/aromatic N) is 3. The molecule has 28 heavy (non-hydrogen) atoms. The summed E-state index contributed by atoms with van der Waals surface area (Å²) in [6, 6.07) is 12.2. The van der Waals surface area contributed by atoms with Gasteiger partial charge in [-0.1, -0.05) is 26.7 Å². The molecule has 5 heteroatoms. The number of anilines is 2. The summed E-state index contributed by atoms with van der Waals surface area (Å²) in [5, 5.41) is 0.620. The quantitative estimate of drug-likeness (QED) is 0.523. The van der Waals surface area contributed by atoms with Gasteiger partial charge in [0.05, 0.1) is 10.9 Å². The van der Waals surface area contributed by atoms with Crippen molar-refractivity contribution < 1.29 is 4.39 Å². The van der Waals surface area contributed by atoms with Gasteiger partial charge < -0.3 is 4.90 Å². The maximum atomic E-state index is 13.4. The van der Waals surface area contributed by atoms with Crippen molar-refractivity contribution in [2.45, 2.75) is 52.5 Å². The molecule has 0 aliphatic carbocycles. The zero-order valence-electron chi connectivity index (χ0n) is 17.1. The van der Waals surface area contributed by atoms with Crippen LogP contribution in [0.5, 0.6) is 0 Å². The lowest BCUT2D eigenvalue weighted by Gasteiger charge is -2.23. The van der Waals surface area contributed by atoms with E-state index in [0.29, 0.717) is 10.9 Å². The first kappa shape index (κ1) is 20.1. The van der Waals surface area contributed by atoms with Crippen molar-refractivity contribution in [1.82, 2.24) is 9.55 Å². The average Bonchev–Trinajstić information content (AvgIpc) is 2.68. The van der Waals surface area contributed by atoms with Gasteiger partial charge in [-0.3, -0.25) is 9.36 Å². The second kappa shape index (κ2) is 8.55. The highest BCUT2D eigenvalue weighted by molar-refractivity contribution is 5.83. The van der Waals surface area contributed by atoms with Crippen molar-refractivity contribution in [2.24, 2.45) is 0 Å². The van der Waals surface area contributed by atoms with Crippen LogP contribution in [0.15, 0.2) is 47.3 Å². The number of aromatic nitrogens is 2. The lowest BCUT2D eigenvalue weighted by molar-refractivity contribution is 0.406. The molecule has 0 spiro atoms. The molecule has 0 saturated heterocycles. The molecule has 0 unspecified atom stereocenters. The summed E-state index contributed by atoms with van der Waals surface area (Å²) in [6.45, 7) is 6.21. The topological polar surface area (TPSA) is 38.1 Å². The predicted octanol–water partition coefficient (Wildman–Crippen LogP) is 5.75. The Bertz CT molecular complexity index is 1000. The fourth-order valence-corrected chi connectivity index (χ4v) is 3.82. The zero-order valence-corrected chi connectivity index (χ0v) is 17.1. The van der Waals surface area contributed by atoms with E-state index >= 15 is 0 Å².